The smallest absolute Gasteiger partial charge is 0.277 e. The molecule has 3 aromatic rings. The Kier molecular flexibility index (Phi) is 5.96. The summed E-state index contributed by atoms with van der Waals surface area (Å²) in [6.07, 6.45) is 1.85. The molecule has 0 spiro atoms. The molecule has 1 aromatic carbocycles. The van der Waals surface area contributed by atoms with Crippen LogP contribution in [-0.2, 0) is 11.3 Å². The first-order valence-corrected chi connectivity index (χ1v) is 10.8. The average molecular weight is 425 g/mol. The van der Waals surface area contributed by atoms with Gasteiger partial charge in [0.1, 0.15) is 5.76 Å². The van der Waals surface area contributed by atoms with Crippen molar-refractivity contribution in [2.75, 3.05) is 18.4 Å². The van der Waals surface area contributed by atoms with E-state index < -0.39 is 0 Å². The summed E-state index contributed by atoms with van der Waals surface area (Å²) < 4.78 is 5.65. The van der Waals surface area contributed by atoms with E-state index in [0.29, 0.717) is 23.9 Å². The number of amides is 2. The molecule has 1 saturated heterocycles. The number of hydrogen-bond acceptors (Lipinski definition) is 6. The van der Waals surface area contributed by atoms with Crippen molar-refractivity contribution < 1.29 is 14.0 Å². The molecule has 0 bridgehead atoms. The summed E-state index contributed by atoms with van der Waals surface area (Å²) in [7, 11) is 0. The van der Waals surface area contributed by atoms with Crippen molar-refractivity contribution in [3.8, 4) is 10.8 Å². The lowest BCUT2D eigenvalue weighted by Crippen LogP contribution is -2.40. The molecule has 3 N–H and O–H groups in total. The van der Waals surface area contributed by atoms with Crippen molar-refractivity contribution >= 4 is 28.8 Å². The van der Waals surface area contributed by atoms with Crippen molar-refractivity contribution in [1.82, 2.24) is 9.88 Å². The first kappa shape index (κ1) is 20.3. The van der Waals surface area contributed by atoms with Crippen LogP contribution in [0, 0.1) is 12.8 Å². The van der Waals surface area contributed by atoms with Crippen molar-refractivity contribution in [2.24, 2.45) is 11.7 Å². The van der Waals surface area contributed by atoms with E-state index in [1.54, 1.807) is 6.92 Å². The average Bonchev–Trinajstić information content (AvgIpc) is 3.39. The van der Waals surface area contributed by atoms with Gasteiger partial charge in [-0.25, -0.2) is 4.98 Å². The minimum atomic E-state index is -0.299. The number of hydrogen-bond donors (Lipinski definition) is 2. The molecule has 2 aromatic heterocycles. The molecular formula is C22H24N4O3S. The van der Waals surface area contributed by atoms with Gasteiger partial charge in [0.15, 0.2) is 5.69 Å². The Morgan fingerprint density at radius 3 is 2.80 bits per heavy atom. The summed E-state index contributed by atoms with van der Waals surface area (Å²) in [5, 5.41) is 4.82. The van der Waals surface area contributed by atoms with E-state index >= 15 is 0 Å². The van der Waals surface area contributed by atoms with Gasteiger partial charge < -0.3 is 15.5 Å². The van der Waals surface area contributed by atoms with E-state index in [0.717, 1.165) is 36.4 Å². The zero-order valence-corrected chi connectivity index (χ0v) is 17.6. The Balaban J connectivity index is 1.38. The van der Waals surface area contributed by atoms with Crippen LogP contribution in [0.1, 0.15) is 34.7 Å². The number of carbonyl (C=O) groups excluding carboxylic acids is 2. The number of carbonyl (C=O) groups is 2. The van der Waals surface area contributed by atoms with Crippen LogP contribution >= 0.6 is 11.3 Å². The number of nitrogens with two attached hydrogens (primary N) is 1. The number of nitrogens with one attached hydrogen (secondary N) is 1. The van der Waals surface area contributed by atoms with Gasteiger partial charge in [-0.05, 0) is 55.5 Å². The van der Waals surface area contributed by atoms with Gasteiger partial charge in [0, 0.05) is 18.8 Å². The van der Waals surface area contributed by atoms with Crippen LogP contribution in [0.4, 0.5) is 5.69 Å². The zero-order chi connectivity index (χ0) is 21.1. The fraction of sp³-hybridized carbons (Fsp3) is 0.318. The number of anilines is 1. The number of piperidine rings is 1. The Hall–Kier alpha value is -2.97. The lowest BCUT2D eigenvalue weighted by atomic mass is 9.97. The number of aryl methyl sites for hydroxylation is 1. The second-order valence-electron chi connectivity index (χ2n) is 7.53. The van der Waals surface area contributed by atoms with E-state index in [9.17, 15) is 9.59 Å². The molecule has 0 saturated carbocycles. The van der Waals surface area contributed by atoms with Gasteiger partial charge >= 0.3 is 0 Å². The minimum Gasteiger partial charge on any atom is -0.440 e. The topological polar surface area (TPSA) is 101 Å². The highest BCUT2D eigenvalue weighted by molar-refractivity contribution is 7.13. The first-order valence-electron chi connectivity index (χ1n) is 9.93. The number of benzene rings is 1. The second-order valence-corrected chi connectivity index (χ2v) is 8.48. The molecule has 7 nitrogen and oxygen atoms in total. The summed E-state index contributed by atoms with van der Waals surface area (Å²) in [6, 6.07) is 11.5. The highest BCUT2D eigenvalue weighted by Gasteiger charge is 2.24. The highest BCUT2D eigenvalue weighted by atomic mass is 32.1. The van der Waals surface area contributed by atoms with E-state index in [4.69, 9.17) is 10.2 Å². The third-order valence-electron chi connectivity index (χ3n) is 5.27. The molecule has 0 radical (unpaired) electrons. The van der Waals surface area contributed by atoms with Gasteiger partial charge in [0.2, 0.25) is 11.8 Å². The fourth-order valence-electron chi connectivity index (χ4n) is 3.69. The number of primary amides is 1. The quantitative estimate of drug-likeness (QED) is 0.629. The number of aromatic nitrogens is 1. The van der Waals surface area contributed by atoms with Crippen molar-refractivity contribution in [3.05, 3.63) is 58.8 Å². The van der Waals surface area contributed by atoms with Gasteiger partial charge in [-0.2, -0.15) is 0 Å². The predicted molar refractivity (Wildman–Crippen MR) is 116 cm³/mol. The maximum Gasteiger partial charge on any atom is 0.277 e. The number of nitrogens with zero attached hydrogens (tertiary/aromatic N) is 2. The molecule has 4 rings (SSSR count). The Morgan fingerprint density at radius 2 is 2.10 bits per heavy atom. The third kappa shape index (κ3) is 4.60. The van der Waals surface area contributed by atoms with Crippen LogP contribution in [0.15, 0.2) is 46.2 Å². The molecule has 1 aliphatic rings. The van der Waals surface area contributed by atoms with Gasteiger partial charge in [0.05, 0.1) is 10.8 Å². The number of rotatable bonds is 6. The Bertz CT molecular complexity index is 1030. The predicted octanol–water partition coefficient (Wildman–Crippen LogP) is 3.66. The van der Waals surface area contributed by atoms with E-state index in [2.05, 4.69) is 15.2 Å². The van der Waals surface area contributed by atoms with Crippen LogP contribution in [0.25, 0.3) is 10.8 Å². The van der Waals surface area contributed by atoms with Crippen molar-refractivity contribution in [2.45, 2.75) is 26.3 Å². The molecule has 8 heteroatoms. The van der Waals surface area contributed by atoms with Crippen molar-refractivity contribution in [3.63, 3.8) is 0 Å². The van der Waals surface area contributed by atoms with Gasteiger partial charge in [-0.3, -0.25) is 14.5 Å². The van der Waals surface area contributed by atoms with E-state index in [-0.39, 0.29) is 23.4 Å². The second kappa shape index (κ2) is 8.81. The largest absolute Gasteiger partial charge is 0.440 e. The maximum absolute atomic E-state index is 12.6. The molecular weight excluding hydrogens is 400 g/mol. The first-order chi connectivity index (χ1) is 14.5. The Labute approximate surface area is 178 Å². The van der Waals surface area contributed by atoms with Gasteiger partial charge in [-0.15, -0.1) is 11.3 Å². The molecule has 1 unspecified atom stereocenters. The molecule has 156 valence electrons. The van der Waals surface area contributed by atoms with Crippen LogP contribution in [0.2, 0.25) is 0 Å². The normalized spacial score (nSPS) is 17.0. The van der Waals surface area contributed by atoms with Crippen molar-refractivity contribution in [1.29, 1.82) is 0 Å². The van der Waals surface area contributed by atoms with Gasteiger partial charge in [0.25, 0.3) is 5.91 Å². The Morgan fingerprint density at radius 1 is 1.30 bits per heavy atom. The van der Waals surface area contributed by atoms with Crippen LogP contribution in [0.3, 0.4) is 0 Å². The number of oxazole rings is 1. The van der Waals surface area contributed by atoms with E-state index in [1.165, 1.54) is 11.3 Å². The monoisotopic (exact) mass is 424 g/mol. The highest BCUT2D eigenvalue weighted by Crippen LogP contribution is 2.26. The molecule has 1 aliphatic heterocycles. The van der Waals surface area contributed by atoms with Crippen LogP contribution < -0.4 is 11.1 Å². The number of thiophene rings is 1. The molecule has 30 heavy (non-hydrogen) atoms. The number of likely N-dealkylation sites (tertiary alicyclic amines) is 1. The summed E-state index contributed by atoms with van der Waals surface area (Å²) in [5.41, 5.74) is 7.56. The molecule has 1 atom stereocenters. The molecule has 0 aliphatic carbocycles. The molecule has 2 amide bonds. The lowest BCUT2D eigenvalue weighted by molar-refractivity contribution is -0.123. The SMILES string of the molecule is Cc1oc(-c2cccs2)nc1C(=O)Nc1ccc(CN2CCCC(C(N)=O)C2)cc1. The molecule has 3 heterocycles. The fourth-order valence-corrected chi connectivity index (χ4v) is 4.34. The van der Waals surface area contributed by atoms with E-state index in [1.807, 2.05) is 41.8 Å². The lowest BCUT2D eigenvalue weighted by Gasteiger charge is -2.31. The van der Waals surface area contributed by atoms with Crippen LogP contribution in [-0.4, -0.2) is 34.8 Å². The third-order valence-corrected chi connectivity index (χ3v) is 6.13. The summed E-state index contributed by atoms with van der Waals surface area (Å²) in [4.78, 5) is 31.6. The summed E-state index contributed by atoms with van der Waals surface area (Å²) >= 11 is 1.51. The van der Waals surface area contributed by atoms with Gasteiger partial charge in [-0.1, -0.05) is 18.2 Å². The molecule has 1 fully saturated rings. The van der Waals surface area contributed by atoms with Crippen LogP contribution in [0.5, 0.6) is 0 Å². The standard InChI is InChI=1S/C22H24N4O3S/c1-14-19(25-22(29-14)18-5-3-11-30-18)21(28)24-17-8-6-15(7-9-17)12-26-10-2-4-16(13-26)20(23)27/h3,5-9,11,16H,2,4,10,12-13H2,1H3,(H2,23,27)(H,24,28). The summed E-state index contributed by atoms with van der Waals surface area (Å²) in [5.74, 6) is 0.359. The maximum atomic E-state index is 12.6. The zero-order valence-electron chi connectivity index (χ0n) is 16.8. The summed E-state index contributed by atoms with van der Waals surface area (Å²) in [6.45, 7) is 4.15. The minimum absolute atomic E-state index is 0.0675.